The van der Waals surface area contributed by atoms with Crippen molar-refractivity contribution in [2.24, 2.45) is 0 Å². The van der Waals surface area contributed by atoms with Gasteiger partial charge in [0.2, 0.25) is 5.88 Å². The standard InChI is InChI=1S/C15H15NO3/c1-3-15(17)19-13-6-4-5-11(9-13)12-7-8-14(18-2)16-10-12/h4-10H,3H2,1-2H3. The summed E-state index contributed by atoms with van der Waals surface area (Å²) in [6.07, 6.45) is 2.08. The molecule has 98 valence electrons. The second-order valence-electron chi connectivity index (χ2n) is 3.94. The van der Waals surface area contributed by atoms with Gasteiger partial charge >= 0.3 is 5.97 Å². The van der Waals surface area contributed by atoms with Gasteiger partial charge < -0.3 is 9.47 Å². The van der Waals surface area contributed by atoms with Crippen LogP contribution in [0.25, 0.3) is 11.1 Å². The average Bonchev–Trinajstić information content (AvgIpc) is 2.47. The number of esters is 1. The van der Waals surface area contributed by atoms with E-state index < -0.39 is 0 Å². The van der Waals surface area contributed by atoms with E-state index in [1.165, 1.54) is 0 Å². The van der Waals surface area contributed by atoms with Crippen molar-refractivity contribution in [3.63, 3.8) is 0 Å². The highest BCUT2D eigenvalue weighted by atomic mass is 16.5. The summed E-state index contributed by atoms with van der Waals surface area (Å²) >= 11 is 0. The molecular weight excluding hydrogens is 242 g/mol. The maximum Gasteiger partial charge on any atom is 0.310 e. The lowest BCUT2D eigenvalue weighted by molar-refractivity contribution is -0.134. The SMILES string of the molecule is CCC(=O)Oc1cccc(-c2ccc(OC)nc2)c1. The molecule has 2 aromatic rings. The number of pyridine rings is 1. The lowest BCUT2D eigenvalue weighted by Gasteiger charge is -2.06. The molecule has 4 nitrogen and oxygen atoms in total. The van der Waals surface area contributed by atoms with E-state index in [4.69, 9.17) is 9.47 Å². The van der Waals surface area contributed by atoms with Crippen molar-refractivity contribution in [2.75, 3.05) is 7.11 Å². The summed E-state index contributed by atoms with van der Waals surface area (Å²) in [5, 5.41) is 0. The monoisotopic (exact) mass is 257 g/mol. The predicted octanol–water partition coefficient (Wildman–Crippen LogP) is 3.07. The van der Waals surface area contributed by atoms with Crippen LogP contribution in [-0.4, -0.2) is 18.1 Å². The lowest BCUT2D eigenvalue weighted by atomic mass is 10.1. The molecule has 1 aromatic heterocycles. The van der Waals surface area contributed by atoms with E-state index in [-0.39, 0.29) is 5.97 Å². The first kappa shape index (κ1) is 13.1. The number of carbonyl (C=O) groups excluding carboxylic acids is 1. The number of ether oxygens (including phenoxy) is 2. The molecule has 0 amide bonds. The van der Waals surface area contributed by atoms with Crippen molar-refractivity contribution in [3.8, 4) is 22.8 Å². The van der Waals surface area contributed by atoms with Crippen molar-refractivity contribution in [1.29, 1.82) is 0 Å². The molecule has 2 rings (SSSR count). The molecule has 0 unspecified atom stereocenters. The van der Waals surface area contributed by atoms with E-state index in [2.05, 4.69) is 4.98 Å². The molecule has 0 atom stereocenters. The third-order valence-corrected chi connectivity index (χ3v) is 2.63. The van der Waals surface area contributed by atoms with Crippen LogP contribution in [-0.2, 0) is 4.79 Å². The molecule has 0 aliphatic carbocycles. The number of carbonyl (C=O) groups is 1. The van der Waals surface area contributed by atoms with Crippen molar-refractivity contribution >= 4 is 5.97 Å². The fourth-order valence-electron chi connectivity index (χ4n) is 1.61. The van der Waals surface area contributed by atoms with E-state index in [1.807, 2.05) is 24.3 Å². The van der Waals surface area contributed by atoms with E-state index in [9.17, 15) is 4.79 Å². The summed E-state index contributed by atoms with van der Waals surface area (Å²) in [6, 6.07) is 11.1. The van der Waals surface area contributed by atoms with Crippen molar-refractivity contribution in [2.45, 2.75) is 13.3 Å². The number of hydrogen-bond acceptors (Lipinski definition) is 4. The molecule has 4 heteroatoms. The lowest BCUT2D eigenvalue weighted by Crippen LogP contribution is -2.05. The average molecular weight is 257 g/mol. The highest BCUT2D eigenvalue weighted by Gasteiger charge is 2.04. The van der Waals surface area contributed by atoms with E-state index in [1.54, 1.807) is 32.4 Å². The number of hydrogen-bond donors (Lipinski definition) is 0. The molecule has 1 aromatic carbocycles. The molecule has 0 saturated heterocycles. The minimum absolute atomic E-state index is 0.245. The van der Waals surface area contributed by atoms with Crippen LogP contribution in [0.3, 0.4) is 0 Å². The Balaban J connectivity index is 2.24. The summed E-state index contributed by atoms with van der Waals surface area (Å²) in [4.78, 5) is 15.4. The minimum Gasteiger partial charge on any atom is -0.481 e. The first-order valence-electron chi connectivity index (χ1n) is 6.04. The van der Waals surface area contributed by atoms with Crippen LogP contribution in [0.2, 0.25) is 0 Å². The summed E-state index contributed by atoms with van der Waals surface area (Å²) in [7, 11) is 1.58. The van der Waals surface area contributed by atoms with Gasteiger partial charge in [0, 0.05) is 24.2 Å². The van der Waals surface area contributed by atoms with E-state index in [0.717, 1.165) is 11.1 Å². The highest BCUT2D eigenvalue weighted by molar-refractivity contribution is 5.73. The summed E-state index contributed by atoms with van der Waals surface area (Å²) < 4.78 is 10.2. The highest BCUT2D eigenvalue weighted by Crippen LogP contribution is 2.24. The third-order valence-electron chi connectivity index (χ3n) is 2.63. The van der Waals surface area contributed by atoms with Gasteiger partial charge in [-0.1, -0.05) is 19.1 Å². The molecule has 0 fully saturated rings. The largest absolute Gasteiger partial charge is 0.481 e. The number of nitrogens with zero attached hydrogens (tertiary/aromatic N) is 1. The maximum atomic E-state index is 11.3. The van der Waals surface area contributed by atoms with Crippen LogP contribution < -0.4 is 9.47 Å². The summed E-state index contributed by atoms with van der Waals surface area (Å²) in [5.74, 6) is 0.863. The minimum atomic E-state index is -0.245. The van der Waals surface area contributed by atoms with Crippen molar-refractivity contribution in [3.05, 3.63) is 42.6 Å². The molecule has 0 spiro atoms. The van der Waals surface area contributed by atoms with Crippen molar-refractivity contribution in [1.82, 2.24) is 4.98 Å². The first-order chi connectivity index (χ1) is 9.22. The van der Waals surface area contributed by atoms with Gasteiger partial charge in [-0.05, 0) is 23.8 Å². The zero-order chi connectivity index (χ0) is 13.7. The molecule has 0 N–H and O–H groups in total. The van der Waals surface area contributed by atoms with Gasteiger partial charge in [0.05, 0.1) is 7.11 Å². The molecule has 0 aliphatic heterocycles. The molecule has 1 heterocycles. The second kappa shape index (κ2) is 6.00. The fourth-order valence-corrected chi connectivity index (χ4v) is 1.61. The molecule has 0 bridgehead atoms. The number of benzene rings is 1. The molecule has 0 radical (unpaired) electrons. The zero-order valence-electron chi connectivity index (χ0n) is 10.9. The van der Waals surface area contributed by atoms with E-state index >= 15 is 0 Å². The van der Waals surface area contributed by atoms with Gasteiger partial charge in [-0.2, -0.15) is 0 Å². The van der Waals surface area contributed by atoms with Gasteiger partial charge in [0.1, 0.15) is 5.75 Å². The Morgan fingerprint density at radius 2 is 2.05 bits per heavy atom. The van der Waals surface area contributed by atoms with E-state index in [0.29, 0.717) is 18.1 Å². The summed E-state index contributed by atoms with van der Waals surface area (Å²) in [6.45, 7) is 1.76. The van der Waals surface area contributed by atoms with Crippen LogP contribution in [0.15, 0.2) is 42.6 Å². The number of methoxy groups -OCH3 is 1. The Kier molecular flexibility index (Phi) is 4.13. The quantitative estimate of drug-likeness (QED) is 0.624. The zero-order valence-corrected chi connectivity index (χ0v) is 10.9. The van der Waals surface area contributed by atoms with Gasteiger partial charge in [-0.25, -0.2) is 4.98 Å². The Hall–Kier alpha value is -2.36. The van der Waals surface area contributed by atoms with Crippen LogP contribution in [0.1, 0.15) is 13.3 Å². The number of aromatic nitrogens is 1. The van der Waals surface area contributed by atoms with Gasteiger partial charge in [0.25, 0.3) is 0 Å². The molecule has 0 saturated carbocycles. The normalized spacial score (nSPS) is 10.0. The smallest absolute Gasteiger partial charge is 0.310 e. The number of rotatable bonds is 4. The third kappa shape index (κ3) is 3.31. The Labute approximate surface area is 112 Å². The van der Waals surface area contributed by atoms with Gasteiger partial charge in [-0.3, -0.25) is 4.79 Å². The summed E-state index contributed by atoms with van der Waals surface area (Å²) in [5.41, 5.74) is 1.88. The predicted molar refractivity (Wildman–Crippen MR) is 72.2 cm³/mol. The molecule has 19 heavy (non-hydrogen) atoms. The van der Waals surface area contributed by atoms with Crippen LogP contribution >= 0.6 is 0 Å². The van der Waals surface area contributed by atoms with Gasteiger partial charge in [-0.15, -0.1) is 0 Å². The van der Waals surface area contributed by atoms with Crippen LogP contribution in [0.5, 0.6) is 11.6 Å². The van der Waals surface area contributed by atoms with Crippen LogP contribution in [0.4, 0.5) is 0 Å². The Bertz CT molecular complexity index is 564. The van der Waals surface area contributed by atoms with Crippen LogP contribution in [0, 0.1) is 0 Å². The second-order valence-corrected chi connectivity index (χ2v) is 3.94. The fraction of sp³-hybridized carbons (Fsp3) is 0.200. The van der Waals surface area contributed by atoms with Crippen molar-refractivity contribution < 1.29 is 14.3 Å². The maximum absolute atomic E-state index is 11.3. The van der Waals surface area contributed by atoms with Gasteiger partial charge in [0.15, 0.2) is 0 Å². The topological polar surface area (TPSA) is 48.4 Å². The Morgan fingerprint density at radius 3 is 2.68 bits per heavy atom. The molecular formula is C15H15NO3. The Morgan fingerprint density at radius 1 is 1.21 bits per heavy atom. The first-order valence-corrected chi connectivity index (χ1v) is 6.04. The molecule has 0 aliphatic rings.